The van der Waals surface area contributed by atoms with Crippen LogP contribution in [0.15, 0.2) is 12.1 Å². The third-order valence-electron chi connectivity index (χ3n) is 6.17. The smallest absolute Gasteiger partial charge is 0.268 e. The Morgan fingerprint density at radius 2 is 1.64 bits per heavy atom. The van der Waals surface area contributed by atoms with Crippen LogP contribution in [0.1, 0.15) is 43.2 Å². The van der Waals surface area contributed by atoms with Crippen LogP contribution < -0.4 is 10.1 Å². The first-order valence-corrected chi connectivity index (χ1v) is 11.3. The first kappa shape index (κ1) is 23.1. The predicted molar refractivity (Wildman–Crippen MR) is 106 cm³/mol. The van der Waals surface area contributed by atoms with E-state index < -0.39 is 7.26 Å². The van der Waals surface area contributed by atoms with Crippen molar-refractivity contribution in [1.29, 1.82) is 0 Å². The number of anilines is 1. The van der Waals surface area contributed by atoms with Gasteiger partial charge in [0.1, 0.15) is 5.75 Å². The van der Waals surface area contributed by atoms with Gasteiger partial charge in [0.15, 0.2) is 5.16 Å². The standard InChI is InChI=1S/C19H28NO2P.CH3.Y/c1-14-12-16(22-3)13-15(2)17(14)20-18(21)19(8-7-9-19)23(4)10-5-6-11-23;;/h12-13H,5-11H2,1-4H3;1H3;/q;-1;/p+1. The van der Waals surface area contributed by atoms with Gasteiger partial charge in [0, 0.05) is 52.3 Å². The van der Waals surface area contributed by atoms with Crippen molar-refractivity contribution < 1.29 is 42.2 Å². The number of aryl methyl sites for hydroxylation is 2. The summed E-state index contributed by atoms with van der Waals surface area (Å²) in [5.74, 6) is 1.14. The van der Waals surface area contributed by atoms with E-state index in [1.807, 2.05) is 26.0 Å². The maximum Gasteiger partial charge on any atom is 0.268 e. The number of carbonyl (C=O) groups excluding carboxylic acids is 1. The SMILES string of the molecule is COc1cc(C)c(NC(=O)C2([P+]3(C)CCCC3)CCC2)c(C)c1.[CH3-].[Y]. The van der Waals surface area contributed by atoms with Crippen LogP contribution in [0.3, 0.4) is 0 Å². The number of carbonyl (C=O) groups is 1. The van der Waals surface area contributed by atoms with E-state index in [0.717, 1.165) is 35.4 Å². The maximum atomic E-state index is 13.3. The molecule has 0 atom stereocenters. The van der Waals surface area contributed by atoms with E-state index in [9.17, 15) is 4.79 Å². The fourth-order valence-corrected chi connectivity index (χ4v) is 9.32. The van der Waals surface area contributed by atoms with Gasteiger partial charge in [-0.05, 0) is 69.2 Å². The monoisotopic (exact) mass is 438 g/mol. The van der Waals surface area contributed by atoms with Crippen LogP contribution in [0.2, 0.25) is 0 Å². The van der Waals surface area contributed by atoms with Crippen molar-refractivity contribution in [2.45, 2.75) is 51.1 Å². The summed E-state index contributed by atoms with van der Waals surface area (Å²) in [7, 11) is 0.551. The predicted octanol–water partition coefficient (Wildman–Crippen LogP) is 5.06. The number of hydrogen-bond donors (Lipinski definition) is 1. The number of hydrogen-bond acceptors (Lipinski definition) is 2. The molecule has 1 aromatic rings. The van der Waals surface area contributed by atoms with Gasteiger partial charge in [0.05, 0.1) is 19.4 Å². The molecular formula is C20H32NO2PY. The van der Waals surface area contributed by atoms with E-state index in [-0.39, 0.29) is 51.2 Å². The summed E-state index contributed by atoms with van der Waals surface area (Å²) in [6, 6.07) is 4.00. The van der Waals surface area contributed by atoms with Crippen LogP contribution in [-0.2, 0) is 37.5 Å². The first-order chi connectivity index (χ1) is 10.9. The molecule has 0 unspecified atom stereocenters. The molecule has 1 saturated heterocycles. The van der Waals surface area contributed by atoms with Crippen molar-refractivity contribution >= 4 is 18.9 Å². The van der Waals surface area contributed by atoms with Crippen molar-refractivity contribution in [3.05, 3.63) is 30.7 Å². The van der Waals surface area contributed by atoms with E-state index in [2.05, 4.69) is 12.0 Å². The Labute approximate surface area is 179 Å². The van der Waals surface area contributed by atoms with Gasteiger partial charge < -0.3 is 17.5 Å². The number of methoxy groups -OCH3 is 1. The Morgan fingerprint density at radius 3 is 2.04 bits per heavy atom. The molecule has 5 heteroatoms. The summed E-state index contributed by atoms with van der Waals surface area (Å²) < 4.78 is 5.33. The van der Waals surface area contributed by atoms with Crippen LogP contribution >= 0.6 is 7.26 Å². The first-order valence-electron chi connectivity index (χ1n) is 8.73. The maximum absolute atomic E-state index is 13.3. The molecule has 2 fully saturated rings. The van der Waals surface area contributed by atoms with Crippen molar-refractivity contribution in [3.63, 3.8) is 0 Å². The van der Waals surface area contributed by atoms with Gasteiger partial charge in [-0.2, -0.15) is 0 Å². The van der Waals surface area contributed by atoms with E-state index in [0.29, 0.717) is 0 Å². The Balaban J connectivity index is 0.00000156. The molecule has 25 heavy (non-hydrogen) atoms. The number of amides is 1. The molecule has 1 aliphatic carbocycles. The minimum atomic E-state index is -1.13. The van der Waals surface area contributed by atoms with E-state index >= 15 is 0 Å². The van der Waals surface area contributed by atoms with Gasteiger partial charge in [-0.1, -0.05) is 0 Å². The van der Waals surface area contributed by atoms with Gasteiger partial charge in [0.25, 0.3) is 5.91 Å². The molecule has 137 valence electrons. The molecule has 0 bridgehead atoms. The summed E-state index contributed by atoms with van der Waals surface area (Å²) >= 11 is 0. The molecular weight excluding hydrogens is 406 g/mol. The normalized spacial score (nSPS) is 19.8. The molecule has 1 radical (unpaired) electrons. The molecule has 0 spiro atoms. The van der Waals surface area contributed by atoms with Crippen LogP contribution in [0.25, 0.3) is 0 Å². The molecule has 0 aromatic heterocycles. The van der Waals surface area contributed by atoms with Gasteiger partial charge in [0.2, 0.25) is 0 Å². The van der Waals surface area contributed by atoms with Crippen LogP contribution in [-0.4, -0.2) is 37.2 Å². The fraction of sp³-hybridized carbons (Fsp3) is 0.600. The molecule has 2 aliphatic rings. The second-order valence-corrected chi connectivity index (χ2v) is 12.1. The van der Waals surface area contributed by atoms with E-state index in [1.54, 1.807) is 7.11 Å². The van der Waals surface area contributed by atoms with Crippen LogP contribution in [0, 0.1) is 21.3 Å². The Kier molecular flexibility index (Phi) is 8.13. The molecule has 1 aliphatic heterocycles. The largest absolute Gasteiger partial charge is 0.497 e. The molecule has 1 heterocycles. The summed E-state index contributed by atoms with van der Waals surface area (Å²) in [5.41, 5.74) is 3.15. The number of rotatable bonds is 4. The zero-order chi connectivity index (χ0) is 16.7. The van der Waals surface area contributed by atoms with Crippen molar-refractivity contribution in [2.24, 2.45) is 0 Å². The molecule has 1 N–H and O–H groups in total. The Hall–Kier alpha value is 0.0239. The zero-order valence-electron chi connectivity index (χ0n) is 16.4. The Bertz CT molecular complexity index is 599. The van der Waals surface area contributed by atoms with Crippen molar-refractivity contribution in [2.75, 3.05) is 31.4 Å². The van der Waals surface area contributed by atoms with Gasteiger partial charge in [-0.25, -0.2) is 0 Å². The van der Waals surface area contributed by atoms with Gasteiger partial charge in [-0.15, -0.1) is 0 Å². The second kappa shape index (κ2) is 8.81. The minimum absolute atomic E-state index is 0. The minimum Gasteiger partial charge on any atom is -0.497 e. The van der Waals surface area contributed by atoms with Crippen LogP contribution in [0.4, 0.5) is 5.69 Å². The zero-order valence-corrected chi connectivity index (χ0v) is 20.2. The average molecular weight is 438 g/mol. The second-order valence-electron chi connectivity index (χ2n) is 7.53. The topological polar surface area (TPSA) is 38.3 Å². The summed E-state index contributed by atoms with van der Waals surface area (Å²) in [6.45, 7) is 6.54. The molecule has 1 amide bonds. The summed E-state index contributed by atoms with van der Waals surface area (Å²) in [5, 5.41) is 3.27. The number of ether oxygens (including phenoxy) is 1. The van der Waals surface area contributed by atoms with Crippen molar-refractivity contribution in [1.82, 2.24) is 0 Å². The summed E-state index contributed by atoms with van der Waals surface area (Å²) in [4.78, 5) is 13.3. The third-order valence-corrected chi connectivity index (χ3v) is 11.5. The number of benzene rings is 1. The van der Waals surface area contributed by atoms with Gasteiger partial charge in [-0.3, -0.25) is 4.79 Å². The van der Waals surface area contributed by atoms with Gasteiger partial charge >= 0.3 is 0 Å². The quantitative estimate of drug-likeness (QED) is 0.527. The van der Waals surface area contributed by atoms with E-state index in [1.165, 1.54) is 31.6 Å². The molecule has 3 nitrogen and oxygen atoms in total. The molecule has 3 rings (SSSR count). The number of nitrogens with one attached hydrogen (secondary N) is 1. The average Bonchev–Trinajstić information content (AvgIpc) is 2.88. The third kappa shape index (κ3) is 3.99. The Morgan fingerprint density at radius 1 is 1.12 bits per heavy atom. The van der Waals surface area contributed by atoms with E-state index in [4.69, 9.17) is 4.74 Å². The molecule has 1 saturated carbocycles. The molecule has 1 aromatic carbocycles. The van der Waals surface area contributed by atoms with Crippen molar-refractivity contribution in [3.8, 4) is 5.75 Å². The van der Waals surface area contributed by atoms with Crippen LogP contribution in [0.5, 0.6) is 5.75 Å². The fourth-order valence-electron chi connectivity index (χ4n) is 4.45. The summed E-state index contributed by atoms with van der Waals surface area (Å²) in [6.07, 6.45) is 8.65.